The Morgan fingerprint density at radius 1 is 1.06 bits per heavy atom. The summed E-state index contributed by atoms with van der Waals surface area (Å²) in [6.07, 6.45) is 1.99. The third kappa shape index (κ3) is 5.28. The van der Waals surface area contributed by atoms with E-state index in [2.05, 4.69) is 15.9 Å². The average Bonchev–Trinajstić information content (AvgIpc) is 2.81. The molecule has 0 unspecified atom stereocenters. The van der Waals surface area contributed by atoms with E-state index in [1.54, 1.807) is 13.2 Å². The minimum Gasteiger partial charge on any atom is -0.495 e. The Bertz CT molecular complexity index is 915. The van der Waals surface area contributed by atoms with Crippen LogP contribution in [0.25, 0.3) is 0 Å². The normalized spacial score (nSPS) is 20.0. The van der Waals surface area contributed by atoms with Crippen molar-refractivity contribution in [3.8, 4) is 5.75 Å². The standard InChI is InChI=1S/C24H29Cl2N3O2/c1-31-23-7-3-2-6-22(23)28-11-13-29(14-12-28)24(30)19-5-4-10-27(17-19)16-18-8-9-20(25)15-21(18)26/h2-3,6-9,15,19H,4-5,10-14,16-17H2,1H3/t19-/m1/s1. The lowest BCUT2D eigenvalue weighted by molar-refractivity contribution is -0.137. The predicted molar refractivity (Wildman–Crippen MR) is 126 cm³/mol. The molecule has 2 aliphatic heterocycles. The Kier molecular flexibility index (Phi) is 7.26. The smallest absolute Gasteiger partial charge is 0.227 e. The number of hydrogen-bond acceptors (Lipinski definition) is 4. The summed E-state index contributed by atoms with van der Waals surface area (Å²) in [6, 6.07) is 13.7. The van der Waals surface area contributed by atoms with Crippen LogP contribution in [0.5, 0.6) is 5.75 Å². The van der Waals surface area contributed by atoms with Crippen LogP contribution in [0.3, 0.4) is 0 Å². The van der Waals surface area contributed by atoms with Crippen molar-refractivity contribution in [1.82, 2.24) is 9.80 Å². The molecule has 2 aromatic carbocycles. The largest absolute Gasteiger partial charge is 0.495 e. The summed E-state index contributed by atoms with van der Waals surface area (Å²) >= 11 is 12.4. The number of para-hydroxylation sites is 2. The minimum absolute atomic E-state index is 0.0534. The first-order valence-corrected chi connectivity index (χ1v) is 11.6. The first-order valence-electron chi connectivity index (χ1n) is 10.9. The Balaban J connectivity index is 1.33. The fraction of sp³-hybridized carbons (Fsp3) is 0.458. The van der Waals surface area contributed by atoms with Gasteiger partial charge in [0, 0.05) is 49.3 Å². The SMILES string of the molecule is COc1ccccc1N1CCN(C(=O)[C@@H]2CCCN(Cc3ccc(Cl)cc3Cl)C2)CC1. The molecule has 2 aliphatic rings. The van der Waals surface area contributed by atoms with E-state index in [-0.39, 0.29) is 11.8 Å². The van der Waals surface area contributed by atoms with Gasteiger partial charge in [-0.25, -0.2) is 0 Å². The van der Waals surface area contributed by atoms with E-state index in [1.165, 1.54) is 0 Å². The fourth-order valence-electron chi connectivity index (χ4n) is 4.61. The third-order valence-corrected chi connectivity index (χ3v) is 6.87. The molecule has 5 nitrogen and oxygen atoms in total. The van der Waals surface area contributed by atoms with E-state index in [4.69, 9.17) is 27.9 Å². The zero-order valence-electron chi connectivity index (χ0n) is 17.9. The quantitative estimate of drug-likeness (QED) is 0.653. The molecular weight excluding hydrogens is 433 g/mol. The van der Waals surface area contributed by atoms with Crippen LogP contribution in [0.2, 0.25) is 10.0 Å². The molecule has 2 saturated heterocycles. The predicted octanol–water partition coefficient (Wildman–Crippen LogP) is 4.56. The number of piperazine rings is 1. The summed E-state index contributed by atoms with van der Waals surface area (Å²) in [5, 5.41) is 1.33. The lowest BCUT2D eigenvalue weighted by atomic mass is 9.95. The second-order valence-electron chi connectivity index (χ2n) is 8.29. The van der Waals surface area contributed by atoms with Gasteiger partial charge in [-0.1, -0.05) is 41.4 Å². The molecule has 2 heterocycles. The number of halogens is 2. The molecule has 0 saturated carbocycles. The number of ether oxygens (including phenoxy) is 1. The molecule has 2 fully saturated rings. The molecule has 166 valence electrons. The molecule has 1 atom stereocenters. The highest BCUT2D eigenvalue weighted by atomic mass is 35.5. The van der Waals surface area contributed by atoms with E-state index in [1.807, 2.05) is 35.2 Å². The van der Waals surface area contributed by atoms with Crippen molar-refractivity contribution >= 4 is 34.8 Å². The van der Waals surface area contributed by atoms with Crippen LogP contribution in [-0.4, -0.2) is 62.1 Å². The first-order chi connectivity index (χ1) is 15.0. The van der Waals surface area contributed by atoms with Gasteiger partial charge in [0.15, 0.2) is 0 Å². The van der Waals surface area contributed by atoms with Crippen LogP contribution < -0.4 is 9.64 Å². The molecule has 7 heteroatoms. The van der Waals surface area contributed by atoms with Gasteiger partial charge in [0.2, 0.25) is 5.91 Å². The molecule has 4 rings (SSSR count). The highest BCUT2D eigenvalue weighted by molar-refractivity contribution is 6.35. The summed E-state index contributed by atoms with van der Waals surface area (Å²) in [5.74, 6) is 1.22. The number of carbonyl (C=O) groups is 1. The van der Waals surface area contributed by atoms with E-state index < -0.39 is 0 Å². The van der Waals surface area contributed by atoms with Gasteiger partial charge in [-0.05, 0) is 49.2 Å². The second-order valence-corrected chi connectivity index (χ2v) is 9.14. The Morgan fingerprint density at radius 3 is 2.58 bits per heavy atom. The number of likely N-dealkylation sites (tertiary alicyclic amines) is 1. The Hall–Kier alpha value is -1.95. The first kappa shape index (κ1) is 22.3. The van der Waals surface area contributed by atoms with Gasteiger partial charge in [0.05, 0.1) is 18.7 Å². The average molecular weight is 462 g/mol. The maximum absolute atomic E-state index is 13.2. The molecule has 2 aromatic rings. The van der Waals surface area contributed by atoms with Gasteiger partial charge in [0.25, 0.3) is 0 Å². The molecule has 0 spiro atoms. The summed E-state index contributed by atoms with van der Waals surface area (Å²) in [4.78, 5) is 19.9. The molecule has 0 bridgehead atoms. The maximum Gasteiger partial charge on any atom is 0.227 e. The van der Waals surface area contributed by atoms with E-state index in [0.29, 0.717) is 10.0 Å². The van der Waals surface area contributed by atoms with Crippen molar-refractivity contribution in [2.75, 3.05) is 51.3 Å². The molecule has 0 aromatic heterocycles. The van der Waals surface area contributed by atoms with Crippen LogP contribution in [0.1, 0.15) is 18.4 Å². The van der Waals surface area contributed by atoms with Crippen LogP contribution in [0.15, 0.2) is 42.5 Å². The monoisotopic (exact) mass is 461 g/mol. The zero-order valence-corrected chi connectivity index (χ0v) is 19.4. The number of amides is 1. The minimum atomic E-state index is 0.0534. The lowest BCUT2D eigenvalue weighted by Gasteiger charge is -2.40. The van der Waals surface area contributed by atoms with Crippen molar-refractivity contribution < 1.29 is 9.53 Å². The molecule has 0 aliphatic carbocycles. The molecule has 0 radical (unpaired) electrons. The Morgan fingerprint density at radius 2 is 1.84 bits per heavy atom. The fourth-order valence-corrected chi connectivity index (χ4v) is 5.08. The summed E-state index contributed by atoms with van der Waals surface area (Å²) < 4.78 is 5.50. The van der Waals surface area contributed by atoms with Crippen LogP contribution in [0, 0.1) is 5.92 Å². The van der Waals surface area contributed by atoms with Gasteiger partial charge in [-0.2, -0.15) is 0 Å². The number of benzene rings is 2. The number of nitrogens with zero attached hydrogens (tertiary/aromatic N) is 3. The van der Waals surface area contributed by atoms with Crippen molar-refractivity contribution in [2.45, 2.75) is 19.4 Å². The van der Waals surface area contributed by atoms with E-state index >= 15 is 0 Å². The van der Waals surface area contributed by atoms with Gasteiger partial charge in [-0.15, -0.1) is 0 Å². The molecule has 1 amide bonds. The van der Waals surface area contributed by atoms with Crippen molar-refractivity contribution in [3.63, 3.8) is 0 Å². The van der Waals surface area contributed by atoms with Crippen LogP contribution >= 0.6 is 23.2 Å². The third-order valence-electron chi connectivity index (χ3n) is 6.28. The topological polar surface area (TPSA) is 36.0 Å². The van der Waals surface area contributed by atoms with Crippen molar-refractivity contribution in [1.29, 1.82) is 0 Å². The number of anilines is 1. The highest BCUT2D eigenvalue weighted by Gasteiger charge is 2.31. The molecule has 31 heavy (non-hydrogen) atoms. The number of piperidine rings is 1. The summed E-state index contributed by atoms with van der Waals surface area (Å²) in [7, 11) is 1.70. The van der Waals surface area contributed by atoms with Gasteiger partial charge in [-0.3, -0.25) is 9.69 Å². The number of hydrogen-bond donors (Lipinski definition) is 0. The number of carbonyl (C=O) groups excluding carboxylic acids is 1. The Labute approximate surface area is 194 Å². The number of rotatable bonds is 5. The second kappa shape index (κ2) is 10.1. The van der Waals surface area contributed by atoms with Crippen LogP contribution in [0.4, 0.5) is 5.69 Å². The summed E-state index contributed by atoms with van der Waals surface area (Å²) in [6.45, 7) is 5.66. The highest BCUT2D eigenvalue weighted by Crippen LogP contribution is 2.29. The zero-order chi connectivity index (χ0) is 21.8. The van der Waals surface area contributed by atoms with Crippen LogP contribution in [-0.2, 0) is 11.3 Å². The van der Waals surface area contributed by atoms with E-state index in [0.717, 1.165) is 75.7 Å². The van der Waals surface area contributed by atoms with Gasteiger partial charge in [0.1, 0.15) is 5.75 Å². The van der Waals surface area contributed by atoms with Crippen molar-refractivity contribution in [2.24, 2.45) is 5.92 Å². The lowest BCUT2D eigenvalue weighted by Crippen LogP contribution is -2.52. The molecular formula is C24H29Cl2N3O2. The maximum atomic E-state index is 13.2. The summed E-state index contributed by atoms with van der Waals surface area (Å²) in [5.41, 5.74) is 2.16. The van der Waals surface area contributed by atoms with E-state index in [9.17, 15) is 4.79 Å². The number of methoxy groups -OCH3 is 1. The van der Waals surface area contributed by atoms with Gasteiger partial charge < -0.3 is 14.5 Å². The molecule has 0 N–H and O–H groups in total. The van der Waals surface area contributed by atoms with Crippen molar-refractivity contribution in [3.05, 3.63) is 58.1 Å². The van der Waals surface area contributed by atoms with Gasteiger partial charge >= 0.3 is 0 Å².